The van der Waals surface area contributed by atoms with E-state index in [4.69, 9.17) is 20.5 Å². The molecule has 1 aromatic carbocycles. The molecule has 0 bridgehead atoms. The Balaban J connectivity index is 1.75. The van der Waals surface area contributed by atoms with Gasteiger partial charge in [-0.1, -0.05) is 19.6 Å². The number of anilines is 4. The van der Waals surface area contributed by atoms with Gasteiger partial charge in [-0.25, -0.2) is 19.9 Å². The highest BCUT2D eigenvalue weighted by Gasteiger charge is 2.31. The first kappa shape index (κ1) is 23.7. The van der Waals surface area contributed by atoms with Gasteiger partial charge in [-0.05, 0) is 54.0 Å². The number of hydrogen-bond acceptors (Lipinski definition) is 8. The lowest BCUT2D eigenvalue weighted by Crippen LogP contribution is -2.27. The maximum atomic E-state index is 12.7. The van der Waals surface area contributed by atoms with Gasteiger partial charge in [0, 0.05) is 37.7 Å². The summed E-state index contributed by atoms with van der Waals surface area (Å²) >= 11 is 5.86. The van der Waals surface area contributed by atoms with Crippen molar-refractivity contribution < 1.29 is 26.8 Å². The molecule has 0 fully saturated rings. The second kappa shape index (κ2) is 11.1. The van der Waals surface area contributed by atoms with Crippen LogP contribution < -0.4 is 15.0 Å². The highest BCUT2D eigenvalue weighted by atomic mass is 35.5. The number of aryl methyl sites for hydroxylation is 1. The second-order valence-corrected chi connectivity index (χ2v) is 15.4. The van der Waals surface area contributed by atoms with Gasteiger partial charge in [-0.2, -0.15) is 0 Å². The van der Waals surface area contributed by atoms with Crippen LogP contribution in [0.15, 0.2) is 48.8 Å². The van der Waals surface area contributed by atoms with E-state index in [0.717, 1.165) is 22.7 Å². The van der Waals surface area contributed by atoms with E-state index in [0.29, 0.717) is 23.8 Å². The second-order valence-electron chi connectivity index (χ2n) is 9.47. The standard InChI is InChI=1S/C24H27ClF3N7O2Si/c1-34-21-19(13-16(14-30-21)31-20-9-10-29-22(25)33-20)32-23(34)35(15-36-11-12-38(2,3)4)17-5-7-18(8-6-17)37-24(26,27)28/h5-10,13-14H,11-12,15H2,1-4H3,(H,29,31,33)/i1D3. The Bertz CT molecular complexity index is 1500. The molecule has 0 spiro atoms. The summed E-state index contributed by atoms with van der Waals surface area (Å²) in [6.07, 6.45) is -1.97. The van der Waals surface area contributed by atoms with Crippen molar-refractivity contribution in [3.63, 3.8) is 0 Å². The van der Waals surface area contributed by atoms with Crippen molar-refractivity contribution in [2.24, 2.45) is 6.98 Å². The molecular formula is C24H27ClF3N7O2Si. The predicted molar refractivity (Wildman–Crippen MR) is 143 cm³/mol. The first-order valence-electron chi connectivity index (χ1n) is 12.9. The number of nitrogens with one attached hydrogen (secondary N) is 1. The van der Waals surface area contributed by atoms with Gasteiger partial charge in [0.25, 0.3) is 0 Å². The summed E-state index contributed by atoms with van der Waals surface area (Å²) in [5.74, 6) is -0.0696. The van der Waals surface area contributed by atoms with Gasteiger partial charge >= 0.3 is 6.36 Å². The molecule has 0 aliphatic carbocycles. The minimum Gasteiger partial charge on any atom is -0.406 e. The molecule has 4 aromatic rings. The molecule has 0 amide bonds. The van der Waals surface area contributed by atoms with E-state index in [1.54, 1.807) is 12.1 Å². The molecule has 3 heterocycles. The van der Waals surface area contributed by atoms with Gasteiger partial charge in [0.2, 0.25) is 11.2 Å². The van der Waals surface area contributed by atoms with Crippen molar-refractivity contribution >= 4 is 54.0 Å². The number of hydrogen-bond donors (Lipinski definition) is 1. The summed E-state index contributed by atoms with van der Waals surface area (Å²) in [5, 5.41) is 3.05. The lowest BCUT2D eigenvalue weighted by Gasteiger charge is -2.25. The Morgan fingerprint density at radius 1 is 1.13 bits per heavy atom. The van der Waals surface area contributed by atoms with E-state index in [1.807, 2.05) is 0 Å². The van der Waals surface area contributed by atoms with Crippen molar-refractivity contribution in [3.8, 4) is 5.75 Å². The highest BCUT2D eigenvalue weighted by molar-refractivity contribution is 6.76. The number of aromatic nitrogens is 5. The third kappa shape index (κ3) is 7.33. The van der Waals surface area contributed by atoms with Crippen molar-refractivity contribution in [3.05, 3.63) is 54.1 Å². The molecular weight excluding hydrogens is 539 g/mol. The molecule has 202 valence electrons. The van der Waals surface area contributed by atoms with Crippen LogP contribution in [0.5, 0.6) is 5.75 Å². The summed E-state index contributed by atoms with van der Waals surface area (Å²) < 4.78 is 73.7. The fourth-order valence-corrected chi connectivity index (χ4v) is 4.27. The lowest BCUT2D eigenvalue weighted by atomic mass is 10.3. The summed E-state index contributed by atoms with van der Waals surface area (Å²) in [4.78, 5) is 18.3. The molecule has 14 heteroatoms. The molecule has 0 saturated heterocycles. The van der Waals surface area contributed by atoms with E-state index in [1.165, 1.54) is 29.4 Å². The third-order valence-electron chi connectivity index (χ3n) is 5.22. The zero-order valence-electron chi connectivity index (χ0n) is 23.8. The van der Waals surface area contributed by atoms with E-state index in [2.05, 4.69) is 49.6 Å². The van der Waals surface area contributed by atoms with E-state index in [9.17, 15) is 13.2 Å². The molecule has 3 aromatic heterocycles. The summed E-state index contributed by atoms with van der Waals surface area (Å²) in [6, 6.07) is 9.03. The van der Waals surface area contributed by atoms with Crippen LogP contribution in [-0.4, -0.2) is 52.3 Å². The van der Waals surface area contributed by atoms with Gasteiger partial charge < -0.3 is 14.8 Å². The topological polar surface area (TPSA) is 90.2 Å². The number of halogens is 4. The van der Waals surface area contributed by atoms with E-state index in [-0.39, 0.29) is 29.1 Å². The minimum absolute atomic E-state index is 0.0350. The molecule has 0 aliphatic rings. The molecule has 4 rings (SSSR count). The van der Waals surface area contributed by atoms with Crippen LogP contribution in [0.4, 0.5) is 36.3 Å². The molecule has 38 heavy (non-hydrogen) atoms. The average molecular weight is 569 g/mol. The summed E-state index contributed by atoms with van der Waals surface area (Å²) in [6.45, 7) is 4.15. The van der Waals surface area contributed by atoms with Crippen molar-refractivity contribution in [2.45, 2.75) is 32.0 Å². The van der Waals surface area contributed by atoms with Gasteiger partial charge in [0.1, 0.15) is 23.8 Å². The van der Waals surface area contributed by atoms with Gasteiger partial charge in [-0.15, -0.1) is 13.2 Å². The van der Waals surface area contributed by atoms with Crippen molar-refractivity contribution in [1.29, 1.82) is 0 Å². The van der Waals surface area contributed by atoms with Crippen molar-refractivity contribution in [2.75, 3.05) is 23.6 Å². The predicted octanol–water partition coefficient (Wildman–Crippen LogP) is 6.50. The third-order valence-corrected chi connectivity index (χ3v) is 7.10. The zero-order chi connectivity index (χ0) is 30.0. The van der Waals surface area contributed by atoms with Crippen LogP contribution in [0.25, 0.3) is 11.2 Å². The first-order valence-corrected chi connectivity index (χ1v) is 15.5. The SMILES string of the molecule is [2H]C([2H])([2H])n1c(N(COCC[Si](C)(C)C)c2ccc(OC(F)(F)F)cc2)nc2cc(Nc3ccnc(Cl)n3)cnc21. The lowest BCUT2D eigenvalue weighted by molar-refractivity contribution is -0.274. The molecule has 0 saturated carbocycles. The number of benzene rings is 1. The number of alkyl halides is 3. The highest BCUT2D eigenvalue weighted by Crippen LogP contribution is 2.31. The summed E-state index contributed by atoms with van der Waals surface area (Å²) in [5.41, 5.74) is 1.10. The maximum Gasteiger partial charge on any atom is 0.573 e. The Labute approximate surface area is 227 Å². The van der Waals surface area contributed by atoms with Crippen LogP contribution >= 0.6 is 11.6 Å². The Kier molecular flexibility index (Phi) is 6.94. The fourth-order valence-electron chi connectivity index (χ4n) is 3.36. The van der Waals surface area contributed by atoms with E-state index >= 15 is 0 Å². The molecule has 0 unspecified atom stereocenters. The van der Waals surface area contributed by atoms with Crippen LogP contribution in [0.2, 0.25) is 31.0 Å². The zero-order valence-corrected chi connectivity index (χ0v) is 22.5. The number of ether oxygens (including phenoxy) is 2. The maximum absolute atomic E-state index is 12.7. The molecule has 1 N–H and O–H groups in total. The first-order chi connectivity index (χ1) is 19.1. The average Bonchev–Trinajstić information content (AvgIpc) is 3.22. The number of rotatable bonds is 10. The van der Waals surface area contributed by atoms with Crippen molar-refractivity contribution in [1.82, 2.24) is 24.5 Å². The monoisotopic (exact) mass is 568 g/mol. The largest absolute Gasteiger partial charge is 0.573 e. The number of pyridine rings is 1. The number of fused-ring (bicyclic) bond motifs is 1. The summed E-state index contributed by atoms with van der Waals surface area (Å²) in [7, 11) is -1.44. The van der Waals surface area contributed by atoms with Gasteiger partial charge in [0.15, 0.2) is 5.65 Å². The van der Waals surface area contributed by atoms with Crippen LogP contribution in [0.1, 0.15) is 4.11 Å². The van der Waals surface area contributed by atoms with Gasteiger partial charge in [-0.3, -0.25) is 9.47 Å². The Morgan fingerprint density at radius 3 is 2.55 bits per heavy atom. The minimum atomic E-state index is -4.86. The number of nitrogens with zero attached hydrogens (tertiary/aromatic N) is 6. The van der Waals surface area contributed by atoms with Crippen LogP contribution in [-0.2, 0) is 11.7 Å². The fraction of sp³-hybridized carbons (Fsp3) is 0.333. The molecule has 0 aliphatic heterocycles. The van der Waals surface area contributed by atoms with E-state index < -0.39 is 27.2 Å². The molecule has 0 atom stereocenters. The van der Waals surface area contributed by atoms with Crippen LogP contribution in [0.3, 0.4) is 0 Å². The van der Waals surface area contributed by atoms with Crippen LogP contribution in [0, 0.1) is 0 Å². The normalized spacial score (nSPS) is 13.6. The molecule has 0 radical (unpaired) electrons. The quantitative estimate of drug-likeness (QED) is 0.100. The number of imidazole rings is 1. The van der Waals surface area contributed by atoms with Gasteiger partial charge in [0.05, 0.1) is 11.9 Å². The Hall–Kier alpha value is -3.42. The molecule has 9 nitrogen and oxygen atoms in total. The Morgan fingerprint density at radius 2 is 1.89 bits per heavy atom. The smallest absolute Gasteiger partial charge is 0.406 e.